The van der Waals surface area contributed by atoms with Crippen LogP contribution in [0.2, 0.25) is 10.0 Å². The van der Waals surface area contributed by atoms with Gasteiger partial charge in [0.15, 0.2) is 0 Å². The third kappa shape index (κ3) is 4.97. The molecule has 0 fully saturated rings. The highest BCUT2D eigenvalue weighted by Gasteiger charge is 2.24. The average molecular weight is 380 g/mol. The van der Waals surface area contributed by atoms with E-state index in [-0.39, 0.29) is 12.3 Å². The van der Waals surface area contributed by atoms with Crippen molar-refractivity contribution in [3.05, 3.63) is 68.7 Å². The van der Waals surface area contributed by atoms with Crippen LogP contribution < -0.4 is 5.32 Å². The topological polar surface area (TPSA) is 55.4 Å². The number of aryl methyl sites for hydroxylation is 2. The summed E-state index contributed by atoms with van der Waals surface area (Å²) in [6.45, 7) is 3.82. The third-order valence-electron chi connectivity index (χ3n) is 3.74. The van der Waals surface area contributed by atoms with Crippen LogP contribution in [0, 0.1) is 13.8 Å². The Morgan fingerprint density at radius 1 is 1.08 bits per heavy atom. The van der Waals surface area contributed by atoms with Crippen molar-refractivity contribution in [3.63, 3.8) is 0 Å². The van der Waals surface area contributed by atoms with E-state index in [4.69, 9.17) is 27.9 Å². The molecule has 0 saturated carbocycles. The first-order chi connectivity index (χ1) is 11.8. The number of rotatable bonds is 5. The Kier molecular flexibility index (Phi) is 6.45. The van der Waals surface area contributed by atoms with E-state index in [1.165, 1.54) is 7.11 Å². The van der Waals surface area contributed by atoms with Crippen molar-refractivity contribution < 1.29 is 14.3 Å². The quantitative estimate of drug-likeness (QED) is 0.794. The van der Waals surface area contributed by atoms with Gasteiger partial charge in [0.2, 0.25) is 0 Å². The maximum absolute atomic E-state index is 12.6. The van der Waals surface area contributed by atoms with Gasteiger partial charge >= 0.3 is 5.97 Å². The lowest BCUT2D eigenvalue weighted by Crippen LogP contribution is -2.43. The second-order valence-electron chi connectivity index (χ2n) is 5.83. The second-order valence-corrected chi connectivity index (χ2v) is 6.64. The van der Waals surface area contributed by atoms with Crippen LogP contribution in [0.3, 0.4) is 0 Å². The lowest BCUT2D eigenvalue weighted by Gasteiger charge is -2.18. The molecule has 6 heteroatoms. The van der Waals surface area contributed by atoms with Crippen LogP contribution in [-0.4, -0.2) is 25.0 Å². The van der Waals surface area contributed by atoms with E-state index in [0.717, 1.165) is 11.1 Å². The summed E-state index contributed by atoms with van der Waals surface area (Å²) in [7, 11) is 1.27. The first kappa shape index (κ1) is 19.3. The number of amides is 1. The predicted molar refractivity (Wildman–Crippen MR) is 99.4 cm³/mol. The fourth-order valence-electron chi connectivity index (χ4n) is 2.61. The molecule has 0 radical (unpaired) electrons. The van der Waals surface area contributed by atoms with Gasteiger partial charge in [-0.1, -0.05) is 46.5 Å². The number of carbonyl (C=O) groups excluding carboxylic acids is 2. The molecule has 2 rings (SSSR count). The van der Waals surface area contributed by atoms with E-state index < -0.39 is 12.0 Å². The van der Waals surface area contributed by atoms with Gasteiger partial charge in [0, 0.05) is 22.0 Å². The van der Waals surface area contributed by atoms with Gasteiger partial charge < -0.3 is 10.1 Å². The summed E-state index contributed by atoms with van der Waals surface area (Å²) in [5, 5.41) is 3.58. The maximum atomic E-state index is 12.6. The molecule has 25 heavy (non-hydrogen) atoms. The molecule has 0 aliphatic carbocycles. The fraction of sp³-hybridized carbons (Fsp3) is 0.263. The Morgan fingerprint density at radius 3 is 2.16 bits per heavy atom. The first-order valence-electron chi connectivity index (χ1n) is 7.71. The Labute approximate surface area is 157 Å². The van der Waals surface area contributed by atoms with Gasteiger partial charge in [0.05, 0.1) is 7.11 Å². The van der Waals surface area contributed by atoms with Gasteiger partial charge in [-0.15, -0.1) is 0 Å². The van der Waals surface area contributed by atoms with Crippen molar-refractivity contribution in [1.29, 1.82) is 0 Å². The van der Waals surface area contributed by atoms with Crippen molar-refractivity contribution in [2.75, 3.05) is 7.11 Å². The molecule has 0 unspecified atom stereocenters. The van der Waals surface area contributed by atoms with Gasteiger partial charge in [-0.2, -0.15) is 0 Å². The van der Waals surface area contributed by atoms with Crippen LogP contribution in [0.4, 0.5) is 0 Å². The van der Waals surface area contributed by atoms with Crippen molar-refractivity contribution in [1.82, 2.24) is 5.32 Å². The van der Waals surface area contributed by atoms with E-state index in [9.17, 15) is 9.59 Å². The monoisotopic (exact) mass is 379 g/mol. The molecule has 1 amide bonds. The summed E-state index contributed by atoms with van der Waals surface area (Å²) < 4.78 is 4.81. The Balaban J connectivity index is 2.26. The van der Waals surface area contributed by atoms with Crippen molar-refractivity contribution in [2.24, 2.45) is 0 Å². The average Bonchev–Trinajstić information content (AvgIpc) is 2.55. The zero-order valence-electron chi connectivity index (χ0n) is 14.2. The molecule has 2 aromatic carbocycles. The zero-order chi connectivity index (χ0) is 18.6. The Bertz CT molecular complexity index is 765. The minimum absolute atomic E-state index is 0.141. The number of esters is 1. The summed E-state index contributed by atoms with van der Waals surface area (Å²) in [6, 6.07) is 9.69. The number of hydrogen-bond donors (Lipinski definition) is 1. The van der Waals surface area contributed by atoms with Crippen LogP contribution in [0.25, 0.3) is 0 Å². The van der Waals surface area contributed by atoms with E-state index >= 15 is 0 Å². The molecule has 1 N–H and O–H groups in total. The number of halogens is 2. The number of ether oxygens (including phenoxy) is 1. The van der Waals surface area contributed by atoms with Gasteiger partial charge in [0.1, 0.15) is 6.04 Å². The highest BCUT2D eigenvalue weighted by atomic mass is 35.5. The van der Waals surface area contributed by atoms with Gasteiger partial charge in [-0.3, -0.25) is 4.79 Å². The number of benzene rings is 2. The summed E-state index contributed by atoms with van der Waals surface area (Å²) in [6.07, 6.45) is 0.141. The molecule has 1 atom stereocenters. The smallest absolute Gasteiger partial charge is 0.328 e. The minimum Gasteiger partial charge on any atom is -0.467 e. The van der Waals surface area contributed by atoms with Crippen molar-refractivity contribution in [3.8, 4) is 0 Å². The van der Waals surface area contributed by atoms with Gasteiger partial charge in [-0.25, -0.2) is 4.79 Å². The number of carbonyl (C=O) groups is 2. The highest BCUT2D eigenvalue weighted by molar-refractivity contribution is 6.36. The summed E-state index contributed by atoms with van der Waals surface area (Å²) in [5.74, 6) is -0.918. The molecule has 2 aromatic rings. The summed E-state index contributed by atoms with van der Waals surface area (Å²) in [4.78, 5) is 24.7. The van der Waals surface area contributed by atoms with Crippen LogP contribution >= 0.6 is 23.2 Å². The molecule has 0 spiro atoms. The summed E-state index contributed by atoms with van der Waals surface area (Å²) in [5.41, 5.74) is 3.00. The lowest BCUT2D eigenvalue weighted by atomic mass is 10.0. The molecule has 0 aromatic heterocycles. The number of methoxy groups -OCH3 is 1. The highest BCUT2D eigenvalue weighted by Crippen LogP contribution is 2.26. The Morgan fingerprint density at radius 2 is 1.64 bits per heavy atom. The van der Waals surface area contributed by atoms with Crippen molar-refractivity contribution >= 4 is 35.1 Å². The van der Waals surface area contributed by atoms with Crippen LogP contribution in [-0.2, 0) is 16.0 Å². The fourth-order valence-corrected chi connectivity index (χ4v) is 3.17. The molecule has 132 valence electrons. The lowest BCUT2D eigenvalue weighted by molar-refractivity contribution is -0.142. The van der Waals surface area contributed by atoms with E-state index in [2.05, 4.69) is 5.32 Å². The standard InChI is InChI=1S/C19H19Cl2NO3/c1-11-7-12(2)9-13(8-11)18(23)22-17(19(24)25-3)10-14-15(20)5-4-6-16(14)21/h4-9,17H,10H2,1-3H3,(H,22,23)/t17-/m1/s1. The number of hydrogen-bond acceptors (Lipinski definition) is 3. The van der Waals surface area contributed by atoms with E-state index in [1.54, 1.807) is 30.3 Å². The predicted octanol–water partition coefficient (Wildman–Crippen LogP) is 4.12. The van der Waals surface area contributed by atoms with E-state index in [1.807, 2.05) is 19.9 Å². The molecule has 0 saturated heterocycles. The van der Waals surface area contributed by atoms with E-state index in [0.29, 0.717) is 21.2 Å². The summed E-state index contributed by atoms with van der Waals surface area (Å²) >= 11 is 12.3. The van der Waals surface area contributed by atoms with Crippen LogP contribution in [0.15, 0.2) is 36.4 Å². The normalized spacial score (nSPS) is 11.7. The molecule has 4 nitrogen and oxygen atoms in total. The largest absolute Gasteiger partial charge is 0.467 e. The number of nitrogens with one attached hydrogen (secondary N) is 1. The first-order valence-corrected chi connectivity index (χ1v) is 8.47. The minimum atomic E-state index is -0.893. The van der Waals surface area contributed by atoms with Gasteiger partial charge in [-0.05, 0) is 43.7 Å². The Hall–Kier alpha value is -2.04. The molecular formula is C19H19Cl2NO3. The second kappa shape index (κ2) is 8.37. The zero-order valence-corrected chi connectivity index (χ0v) is 15.7. The molecule has 0 heterocycles. The molecule has 0 aliphatic heterocycles. The molecule has 0 aliphatic rings. The van der Waals surface area contributed by atoms with Crippen LogP contribution in [0.1, 0.15) is 27.0 Å². The molecule has 0 bridgehead atoms. The van der Waals surface area contributed by atoms with Crippen LogP contribution in [0.5, 0.6) is 0 Å². The SMILES string of the molecule is COC(=O)[C@@H](Cc1c(Cl)cccc1Cl)NC(=O)c1cc(C)cc(C)c1. The molecular weight excluding hydrogens is 361 g/mol. The van der Waals surface area contributed by atoms with Gasteiger partial charge in [0.25, 0.3) is 5.91 Å². The van der Waals surface area contributed by atoms with Crippen molar-refractivity contribution in [2.45, 2.75) is 26.3 Å². The third-order valence-corrected chi connectivity index (χ3v) is 4.45. The maximum Gasteiger partial charge on any atom is 0.328 e.